The molecule has 0 bridgehead atoms. The number of aromatic amines is 1. The number of halogens is 1. The molecule has 0 radical (unpaired) electrons. The Hall–Kier alpha value is -2.96. The zero-order valence-corrected chi connectivity index (χ0v) is 12.9. The lowest BCUT2D eigenvalue weighted by molar-refractivity contribution is 0.627. The first kappa shape index (κ1) is 15.0. The molecule has 0 aliphatic heterocycles. The summed E-state index contributed by atoms with van der Waals surface area (Å²) in [5.41, 5.74) is 2.14. The molecule has 0 saturated heterocycles. The second-order valence-corrected chi connectivity index (χ2v) is 5.36. The molecule has 6 nitrogen and oxygen atoms in total. The van der Waals surface area contributed by atoms with Crippen LogP contribution < -0.4 is 10.6 Å². The quantitative estimate of drug-likeness (QED) is 0.671. The van der Waals surface area contributed by atoms with E-state index in [0.29, 0.717) is 17.2 Å². The molecule has 0 fully saturated rings. The van der Waals surface area contributed by atoms with E-state index in [1.165, 1.54) is 12.3 Å². The van der Waals surface area contributed by atoms with Crippen LogP contribution in [0.4, 0.5) is 16.2 Å². The summed E-state index contributed by atoms with van der Waals surface area (Å²) in [5.74, 6) is 0.245. The van der Waals surface area contributed by atoms with E-state index < -0.39 is 5.82 Å². The SMILES string of the molecule is C=CNc1ncc(-c2c[nH]c3nc(NC(C)C)ncc23)cc1F. The topological polar surface area (TPSA) is 78.5 Å². The molecule has 3 heterocycles. The Balaban J connectivity index is 2.00. The lowest BCUT2D eigenvalue weighted by atomic mass is 10.1. The highest BCUT2D eigenvalue weighted by atomic mass is 19.1. The van der Waals surface area contributed by atoms with Crippen LogP contribution in [0.1, 0.15) is 13.8 Å². The average molecular weight is 312 g/mol. The summed E-state index contributed by atoms with van der Waals surface area (Å²) in [7, 11) is 0. The molecule has 3 N–H and O–H groups in total. The van der Waals surface area contributed by atoms with Gasteiger partial charge in [-0.3, -0.25) is 0 Å². The Labute approximate surface area is 132 Å². The summed E-state index contributed by atoms with van der Waals surface area (Å²) in [4.78, 5) is 15.9. The van der Waals surface area contributed by atoms with E-state index in [0.717, 1.165) is 10.9 Å². The Kier molecular flexibility index (Phi) is 3.92. The van der Waals surface area contributed by atoms with Crippen LogP contribution in [0.25, 0.3) is 22.2 Å². The molecule has 3 aromatic heterocycles. The highest BCUT2D eigenvalue weighted by Crippen LogP contribution is 2.29. The number of anilines is 2. The predicted octanol–water partition coefficient (Wildman–Crippen LogP) is 3.53. The molecular formula is C16H17FN6. The van der Waals surface area contributed by atoms with Crippen LogP contribution >= 0.6 is 0 Å². The maximum Gasteiger partial charge on any atom is 0.224 e. The number of aromatic nitrogens is 4. The number of nitrogens with one attached hydrogen (secondary N) is 3. The first-order valence-electron chi connectivity index (χ1n) is 7.22. The van der Waals surface area contributed by atoms with Crippen molar-refractivity contribution in [3.63, 3.8) is 0 Å². The van der Waals surface area contributed by atoms with Crippen molar-refractivity contribution in [2.45, 2.75) is 19.9 Å². The van der Waals surface area contributed by atoms with E-state index in [1.807, 2.05) is 13.8 Å². The molecule has 0 atom stereocenters. The normalized spacial score (nSPS) is 11.0. The molecule has 3 aromatic rings. The lowest BCUT2D eigenvalue weighted by Crippen LogP contribution is -2.12. The molecule has 23 heavy (non-hydrogen) atoms. The van der Waals surface area contributed by atoms with Crippen LogP contribution in [0.15, 0.2) is 37.4 Å². The summed E-state index contributed by atoms with van der Waals surface area (Å²) in [6.07, 6.45) is 6.47. The first-order valence-corrected chi connectivity index (χ1v) is 7.22. The Morgan fingerprint density at radius 1 is 1.30 bits per heavy atom. The number of fused-ring (bicyclic) bond motifs is 1. The second kappa shape index (κ2) is 6.04. The minimum atomic E-state index is -0.448. The highest BCUT2D eigenvalue weighted by molar-refractivity contribution is 5.93. The molecule has 0 amide bonds. The molecule has 7 heteroatoms. The van der Waals surface area contributed by atoms with Gasteiger partial charge in [0.2, 0.25) is 5.95 Å². The maximum absolute atomic E-state index is 14.0. The Bertz CT molecular complexity index is 855. The third-order valence-corrected chi connectivity index (χ3v) is 3.24. The zero-order chi connectivity index (χ0) is 16.4. The Morgan fingerprint density at radius 2 is 2.13 bits per heavy atom. The fourth-order valence-corrected chi connectivity index (χ4v) is 2.26. The molecule has 3 rings (SSSR count). The van der Waals surface area contributed by atoms with Gasteiger partial charge in [-0.25, -0.2) is 14.4 Å². The van der Waals surface area contributed by atoms with Crippen molar-refractivity contribution in [1.29, 1.82) is 0 Å². The second-order valence-electron chi connectivity index (χ2n) is 5.36. The smallest absolute Gasteiger partial charge is 0.224 e. The fraction of sp³-hybridized carbons (Fsp3) is 0.188. The van der Waals surface area contributed by atoms with Gasteiger partial charge < -0.3 is 15.6 Å². The van der Waals surface area contributed by atoms with Gasteiger partial charge in [0.05, 0.1) is 0 Å². The van der Waals surface area contributed by atoms with Crippen molar-refractivity contribution in [3.8, 4) is 11.1 Å². The van der Waals surface area contributed by atoms with Crippen LogP contribution in [-0.2, 0) is 0 Å². The number of hydrogen-bond donors (Lipinski definition) is 3. The van der Waals surface area contributed by atoms with E-state index in [2.05, 4.69) is 37.1 Å². The number of H-pyrrole nitrogens is 1. The van der Waals surface area contributed by atoms with Gasteiger partial charge in [-0.2, -0.15) is 4.98 Å². The summed E-state index contributed by atoms with van der Waals surface area (Å²) in [5, 5.41) is 6.60. The fourth-order valence-electron chi connectivity index (χ4n) is 2.26. The van der Waals surface area contributed by atoms with Gasteiger partial charge in [0.25, 0.3) is 0 Å². The van der Waals surface area contributed by atoms with E-state index >= 15 is 0 Å². The molecular weight excluding hydrogens is 295 g/mol. The number of rotatable bonds is 5. The predicted molar refractivity (Wildman–Crippen MR) is 89.7 cm³/mol. The monoisotopic (exact) mass is 312 g/mol. The van der Waals surface area contributed by atoms with Crippen LogP contribution in [0, 0.1) is 5.82 Å². The van der Waals surface area contributed by atoms with Crippen molar-refractivity contribution in [1.82, 2.24) is 19.9 Å². The molecule has 0 unspecified atom stereocenters. The maximum atomic E-state index is 14.0. The standard InChI is InChI=1S/C16H17FN6/c1-4-18-15-13(17)5-10(6-19-15)11-7-20-14-12(11)8-21-16(23-14)22-9(2)3/h4-9H,1H2,2-3H3,(H,18,19)(H2,20,21,22,23). The molecule has 0 saturated carbocycles. The lowest BCUT2D eigenvalue weighted by Gasteiger charge is -2.07. The van der Waals surface area contributed by atoms with Crippen LogP contribution in [0.2, 0.25) is 0 Å². The van der Waals surface area contributed by atoms with Crippen molar-refractivity contribution in [2.24, 2.45) is 0 Å². The summed E-state index contributed by atoms with van der Waals surface area (Å²) >= 11 is 0. The third kappa shape index (κ3) is 2.98. The highest BCUT2D eigenvalue weighted by Gasteiger charge is 2.12. The molecule has 0 aromatic carbocycles. The largest absolute Gasteiger partial charge is 0.352 e. The number of hydrogen-bond acceptors (Lipinski definition) is 5. The summed E-state index contributed by atoms with van der Waals surface area (Å²) in [6.45, 7) is 7.52. The van der Waals surface area contributed by atoms with Gasteiger partial charge in [0.1, 0.15) is 5.65 Å². The van der Waals surface area contributed by atoms with E-state index in [1.54, 1.807) is 18.6 Å². The van der Waals surface area contributed by atoms with Gasteiger partial charge >= 0.3 is 0 Å². The van der Waals surface area contributed by atoms with Crippen LogP contribution in [0.3, 0.4) is 0 Å². The van der Waals surface area contributed by atoms with Crippen LogP contribution in [0.5, 0.6) is 0 Å². The van der Waals surface area contributed by atoms with Crippen molar-refractivity contribution in [3.05, 3.63) is 43.3 Å². The first-order chi connectivity index (χ1) is 11.1. The minimum absolute atomic E-state index is 0.142. The van der Waals surface area contributed by atoms with Crippen molar-refractivity contribution < 1.29 is 4.39 Å². The van der Waals surface area contributed by atoms with Gasteiger partial charge in [-0.05, 0) is 26.1 Å². The Morgan fingerprint density at radius 3 is 2.83 bits per heavy atom. The third-order valence-electron chi connectivity index (χ3n) is 3.24. The molecule has 118 valence electrons. The van der Waals surface area contributed by atoms with Crippen molar-refractivity contribution in [2.75, 3.05) is 10.6 Å². The minimum Gasteiger partial charge on any atom is -0.352 e. The average Bonchev–Trinajstić information content (AvgIpc) is 2.92. The van der Waals surface area contributed by atoms with Gasteiger partial charge in [-0.1, -0.05) is 6.58 Å². The van der Waals surface area contributed by atoms with E-state index in [4.69, 9.17) is 0 Å². The van der Waals surface area contributed by atoms with Crippen LogP contribution in [-0.4, -0.2) is 26.0 Å². The van der Waals surface area contributed by atoms with Gasteiger partial charge in [0.15, 0.2) is 11.6 Å². The molecule has 0 aliphatic rings. The molecule has 0 aliphatic carbocycles. The summed E-state index contributed by atoms with van der Waals surface area (Å²) in [6, 6.07) is 1.66. The zero-order valence-electron chi connectivity index (χ0n) is 12.9. The van der Waals surface area contributed by atoms with Gasteiger partial charge in [0, 0.05) is 41.1 Å². The van der Waals surface area contributed by atoms with E-state index in [9.17, 15) is 4.39 Å². The van der Waals surface area contributed by atoms with Crippen molar-refractivity contribution >= 4 is 22.8 Å². The van der Waals surface area contributed by atoms with E-state index in [-0.39, 0.29) is 11.9 Å². The number of pyridine rings is 1. The summed E-state index contributed by atoms with van der Waals surface area (Å²) < 4.78 is 14.0. The van der Waals surface area contributed by atoms with Gasteiger partial charge in [-0.15, -0.1) is 0 Å². The molecule has 0 spiro atoms. The number of nitrogens with zero attached hydrogens (tertiary/aromatic N) is 3.